The molecule has 1 aliphatic rings. The summed E-state index contributed by atoms with van der Waals surface area (Å²) in [6, 6.07) is 4.68. The lowest BCUT2D eigenvalue weighted by molar-refractivity contribution is 0.142. The molecular formula is C16H24N4. The Morgan fingerprint density at radius 1 is 1.30 bits per heavy atom. The Balaban J connectivity index is 1.73. The number of fused-ring (bicyclic) bond motifs is 1. The molecule has 0 aromatic carbocycles. The fraction of sp³-hybridized carbons (Fsp3) is 0.625. The summed E-state index contributed by atoms with van der Waals surface area (Å²) in [5.41, 5.74) is 2.06. The minimum Gasteiger partial charge on any atom is -0.313 e. The Morgan fingerprint density at radius 3 is 2.75 bits per heavy atom. The van der Waals surface area contributed by atoms with E-state index >= 15 is 0 Å². The van der Waals surface area contributed by atoms with Gasteiger partial charge in [0.1, 0.15) is 11.3 Å². The van der Waals surface area contributed by atoms with E-state index in [-0.39, 0.29) is 0 Å². The summed E-state index contributed by atoms with van der Waals surface area (Å²) in [6.07, 6.45) is 4.43. The van der Waals surface area contributed by atoms with Gasteiger partial charge in [-0.3, -0.25) is 0 Å². The van der Waals surface area contributed by atoms with Crippen LogP contribution >= 0.6 is 0 Å². The highest BCUT2D eigenvalue weighted by molar-refractivity contribution is 5.71. The van der Waals surface area contributed by atoms with Crippen molar-refractivity contribution >= 4 is 11.2 Å². The molecule has 0 amide bonds. The van der Waals surface area contributed by atoms with Crippen LogP contribution in [-0.2, 0) is 6.54 Å². The molecule has 0 bridgehead atoms. The first-order valence-corrected chi connectivity index (χ1v) is 7.67. The van der Waals surface area contributed by atoms with E-state index in [1.165, 1.54) is 25.9 Å². The summed E-state index contributed by atoms with van der Waals surface area (Å²) in [5.74, 6) is 1.84. The second-order valence-electron chi connectivity index (χ2n) is 6.19. The Hall–Kier alpha value is -1.42. The largest absolute Gasteiger partial charge is 0.313 e. The van der Waals surface area contributed by atoms with Gasteiger partial charge in [-0.25, -0.2) is 9.97 Å². The number of hydrogen-bond donors (Lipinski definition) is 0. The van der Waals surface area contributed by atoms with Crippen LogP contribution in [0.5, 0.6) is 0 Å². The monoisotopic (exact) mass is 272 g/mol. The molecule has 108 valence electrons. The Morgan fingerprint density at radius 2 is 2.05 bits per heavy atom. The topological polar surface area (TPSA) is 34.0 Å². The molecule has 1 saturated heterocycles. The first-order valence-electron chi connectivity index (χ1n) is 7.67. The maximum atomic E-state index is 4.61. The molecule has 0 saturated carbocycles. The average molecular weight is 272 g/mol. The highest BCUT2D eigenvalue weighted by Gasteiger charge is 2.22. The molecule has 0 unspecified atom stereocenters. The molecule has 3 rings (SSSR count). The van der Waals surface area contributed by atoms with Crippen LogP contribution < -0.4 is 0 Å². The van der Waals surface area contributed by atoms with Crippen LogP contribution in [0, 0.1) is 12.8 Å². The zero-order valence-corrected chi connectivity index (χ0v) is 12.7. The highest BCUT2D eigenvalue weighted by atomic mass is 15.2. The minimum absolute atomic E-state index is 0.674. The van der Waals surface area contributed by atoms with Crippen molar-refractivity contribution in [3.8, 4) is 0 Å². The van der Waals surface area contributed by atoms with E-state index in [2.05, 4.69) is 40.2 Å². The van der Waals surface area contributed by atoms with Crippen molar-refractivity contribution < 1.29 is 0 Å². The van der Waals surface area contributed by atoms with Crippen LogP contribution in [0.15, 0.2) is 18.3 Å². The number of imidazole rings is 1. The van der Waals surface area contributed by atoms with Crippen molar-refractivity contribution in [2.24, 2.45) is 5.92 Å². The van der Waals surface area contributed by atoms with Gasteiger partial charge in [0, 0.05) is 18.8 Å². The lowest BCUT2D eigenvalue weighted by Crippen LogP contribution is -2.39. The van der Waals surface area contributed by atoms with E-state index in [0.29, 0.717) is 6.04 Å². The molecule has 0 atom stereocenters. The summed E-state index contributed by atoms with van der Waals surface area (Å²) in [5, 5.41) is 0. The van der Waals surface area contributed by atoms with Gasteiger partial charge in [-0.05, 0) is 64.8 Å². The number of nitrogens with zero attached hydrogens (tertiary/aromatic N) is 4. The zero-order chi connectivity index (χ0) is 14.1. The maximum Gasteiger partial charge on any atom is 0.159 e. The standard InChI is InChI=1S/C16H24N4/c1-12(2)19-9-6-14(7-10-19)11-20-13(3)18-15-5-4-8-17-16(15)20/h4-5,8,12,14H,6-7,9-11H2,1-3H3. The van der Waals surface area contributed by atoms with Gasteiger partial charge in [0.05, 0.1) is 0 Å². The Kier molecular flexibility index (Phi) is 3.74. The second-order valence-corrected chi connectivity index (χ2v) is 6.19. The zero-order valence-electron chi connectivity index (χ0n) is 12.7. The molecule has 0 spiro atoms. The highest BCUT2D eigenvalue weighted by Crippen LogP contribution is 2.23. The summed E-state index contributed by atoms with van der Waals surface area (Å²) < 4.78 is 2.30. The minimum atomic E-state index is 0.674. The van der Waals surface area contributed by atoms with Crippen molar-refractivity contribution in [1.82, 2.24) is 19.4 Å². The predicted molar refractivity (Wildman–Crippen MR) is 81.7 cm³/mol. The second kappa shape index (κ2) is 5.52. The van der Waals surface area contributed by atoms with Gasteiger partial charge >= 0.3 is 0 Å². The first kappa shape index (κ1) is 13.6. The summed E-state index contributed by atoms with van der Waals surface area (Å²) in [6.45, 7) is 10.2. The van der Waals surface area contributed by atoms with Gasteiger partial charge in [-0.1, -0.05) is 0 Å². The average Bonchev–Trinajstić information content (AvgIpc) is 2.76. The SMILES string of the molecule is Cc1nc2cccnc2n1CC1CCN(C(C)C)CC1. The molecule has 0 N–H and O–H groups in total. The first-order chi connectivity index (χ1) is 9.65. The molecule has 2 aromatic rings. The van der Waals surface area contributed by atoms with Crippen LogP contribution in [0.2, 0.25) is 0 Å². The smallest absolute Gasteiger partial charge is 0.159 e. The molecule has 0 radical (unpaired) electrons. The van der Waals surface area contributed by atoms with Gasteiger partial charge in [-0.15, -0.1) is 0 Å². The Bertz CT molecular complexity index is 579. The molecule has 3 heterocycles. The van der Waals surface area contributed by atoms with Crippen molar-refractivity contribution in [2.45, 2.75) is 46.2 Å². The van der Waals surface area contributed by atoms with E-state index in [1.807, 2.05) is 18.3 Å². The van der Waals surface area contributed by atoms with Crippen LogP contribution in [0.4, 0.5) is 0 Å². The third-order valence-electron chi connectivity index (χ3n) is 4.51. The quantitative estimate of drug-likeness (QED) is 0.861. The van der Waals surface area contributed by atoms with Crippen LogP contribution in [0.1, 0.15) is 32.5 Å². The van der Waals surface area contributed by atoms with Gasteiger partial charge < -0.3 is 9.47 Å². The Labute approximate surface area is 120 Å². The van der Waals surface area contributed by atoms with E-state index in [9.17, 15) is 0 Å². The summed E-state index contributed by atoms with van der Waals surface area (Å²) >= 11 is 0. The number of aryl methyl sites for hydroxylation is 1. The predicted octanol–water partition coefficient (Wildman–Crippen LogP) is 2.86. The molecule has 4 heteroatoms. The number of likely N-dealkylation sites (tertiary alicyclic amines) is 1. The van der Waals surface area contributed by atoms with Crippen molar-refractivity contribution in [3.05, 3.63) is 24.2 Å². The fourth-order valence-electron chi connectivity index (χ4n) is 3.20. The summed E-state index contributed by atoms with van der Waals surface area (Å²) in [4.78, 5) is 11.7. The molecule has 0 aliphatic carbocycles. The van der Waals surface area contributed by atoms with E-state index in [0.717, 1.165) is 29.5 Å². The number of rotatable bonds is 3. The van der Waals surface area contributed by atoms with Crippen molar-refractivity contribution in [3.63, 3.8) is 0 Å². The maximum absolute atomic E-state index is 4.61. The third kappa shape index (κ3) is 2.57. The van der Waals surface area contributed by atoms with E-state index in [1.54, 1.807) is 0 Å². The van der Waals surface area contributed by atoms with Crippen LogP contribution in [-0.4, -0.2) is 38.6 Å². The number of hydrogen-bond acceptors (Lipinski definition) is 3. The lowest BCUT2D eigenvalue weighted by atomic mass is 9.96. The van der Waals surface area contributed by atoms with Gasteiger partial charge in [0.15, 0.2) is 5.65 Å². The number of pyridine rings is 1. The fourth-order valence-corrected chi connectivity index (χ4v) is 3.20. The molecular weight excluding hydrogens is 248 g/mol. The van der Waals surface area contributed by atoms with Crippen molar-refractivity contribution in [2.75, 3.05) is 13.1 Å². The van der Waals surface area contributed by atoms with Gasteiger partial charge in [0.2, 0.25) is 0 Å². The lowest BCUT2D eigenvalue weighted by Gasteiger charge is -2.34. The molecule has 4 nitrogen and oxygen atoms in total. The van der Waals surface area contributed by atoms with Crippen LogP contribution in [0.25, 0.3) is 11.2 Å². The third-order valence-corrected chi connectivity index (χ3v) is 4.51. The van der Waals surface area contributed by atoms with E-state index in [4.69, 9.17) is 0 Å². The van der Waals surface area contributed by atoms with Gasteiger partial charge in [-0.2, -0.15) is 0 Å². The van der Waals surface area contributed by atoms with E-state index < -0.39 is 0 Å². The molecule has 1 aliphatic heterocycles. The summed E-state index contributed by atoms with van der Waals surface area (Å²) in [7, 11) is 0. The molecule has 20 heavy (non-hydrogen) atoms. The van der Waals surface area contributed by atoms with Crippen LogP contribution in [0.3, 0.4) is 0 Å². The molecule has 2 aromatic heterocycles. The normalized spacial score (nSPS) is 18.2. The number of piperidine rings is 1. The number of aromatic nitrogens is 3. The van der Waals surface area contributed by atoms with Crippen molar-refractivity contribution in [1.29, 1.82) is 0 Å². The van der Waals surface area contributed by atoms with Gasteiger partial charge in [0.25, 0.3) is 0 Å². The molecule has 1 fully saturated rings.